The van der Waals surface area contributed by atoms with Crippen LogP contribution in [0.5, 0.6) is 0 Å². The van der Waals surface area contributed by atoms with Gasteiger partial charge in [0.05, 0.1) is 5.52 Å². The molecule has 2 rings (SSSR count). The zero-order valence-corrected chi connectivity index (χ0v) is 9.78. The number of aromatic nitrogens is 1. The first kappa shape index (κ1) is 11.0. The van der Waals surface area contributed by atoms with E-state index in [1.807, 2.05) is 39.1 Å². The van der Waals surface area contributed by atoms with Crippen molar-refractivity contribution in [1.82, 2.24) is 9.88 Å². The van der Waals surface area contributed by atoms with Gasteiger partial charge in [-0.05, 0) is 38.6 Å². The van der Waals surface area contributed by atoms with E-state index in [0.717, 1.165) is 17.6 Å². The van der Waals surface area contributed by atoms with Gasteiger partial charge in [-0.25, -0.2) is 4.79 Å². The van der Waals surface area contributed by atoms with Gasteiger partial charge >= 0.3 is 5.76 Å². The van der Waals surface area contributed by atoms with E-state index in [2.05, 4.69) is 5.32 Å². The Morgan fingerprint density at radius 3 is 2.81 bits per heavy atom. The van der Waals surface area contributed by atoms with Gasteiger partial charge < -0.3 is 9.73 Å². The molecule has 0 saturated heterocycles. The highest BCUT2D eigenvalue weighted by Crippen LogP contribution is 2.18. The molecule has 0 radical (unpaired) electrons. The second-order valence-corrected chi connectivity index (χ2v) is 4.16. The molecule has 4 nitrogen and oxygen atoms in total. The Morgan fingerprint density at radius 2 is 2.19 bits per heavy atom. The summed E-state index contributed by atoms with van der Waals surface area (Å²) < 4.78 is 6.89. The molecule has 4 heteroatoms. The molecule has 0 amide bonds. The molecule has 16 heavy (non-hydrogen) atoms. The molecule has 0 atom stereocenters. The molecule has 1 N–H and O–H groups in total. The first-order chi connectivity index (χ1) is 7.63. The molecule has 86 valence electrons. The van der Waals surface area contributed by atoms with E-state index < -0.39 is 0 Å². The number of oxazole rings is 1. The van der Waals surface area contributed by atoms with Gasteiger partial charge in [0.2, 0.25) is 0 Å². The average Bonchev–Trinajstić information content (AvgIpc) is 2.53. The van der Waals surface area contributed by atoms with Gasteiger partial charge in [0.15, 0.2) is 5.58 Å². The van der Waals surface area contributed by atoms with Crippen LogP contribution >= 0.6 is 0 Å². The lowest BCUT2D eigenvalue weighted by Gasteiger charge is -2.05. The van der Waals surface area contributed by atoms with E-state index >= 15 is 0 Å². The Morgan fingerprint density at radius 1 is 1.44 bits per heavy atom. The Bertz CT molecular complexity index is 552. The third kappa shape index (κ3) is 1.76. The van der Waals surface area contributed by atoms with Crippen molar-refractivity contribution >= 4 is 11.1 Å². The lowest BCUT2D eigenvalue weighted by molar-refractivity contribution is 0.478. The third-order valence-electron chi connectivity index (χ3n) is 2.58. The Kier molecular flexibility index (Phi) is 2.83. The van der Waals surface area contributed by atoms with E-state index in [0.29, 0.717) is 5.58 Å². The van der Waals surface area contributed by atoms with Crippen molar-refractivity contribution in [1.29, 1.82) is 0 Å². The number of nitrogens with zero attached hydrogens (tertiary/aromatic N) is 1. The van der Waals surface area contributed by atoms with Crippen LogP contribution in [0.15, 0.2) is 27.4 Å². The number of benzene rings is 1. The predicted molar refractivity (Wildman–Crippen MR) is 63.6 cm³/mol. The van der Waals surface area contributed by atoms with E-state index in [-0.39, 0.29) is 11.8 Å². The summed E-state index contributed by atoms with van der Waals surface area (Å²) in [6.45, 7) is 4.71. The summed E-state index contributed by atoms with van der Waals surface area (Å²) in [4.78, 5) is 11.6. The number of nitrogens with one attached hydrogen (secondary N) is 1. The first-order valence-corrected chi connectivity index (χ1v) is 5.42. The first-order valence-electron chi connectivity index (χ1n) is 5.42. The zero-order chi connectivity index (χ0) is 11.7. The van der Waals surface area contributed by atoms with Gasteiger partial charge in [-0.3, -0.25) is 4.57 Å². The van der Waals surface area contributed by atoms with Gasteiger partial charge in [0.1, 0.15) is 0 Å². The van der Waals surface area contributed by atoms with Crippen molar-refractivity contribution in [2.75, 3.05) is 7.05 Å². The van der Waals surface area contributed by atoms with Gasteiger partial charge in [0.25, 0.3) is 0 Å². The van der Waals surface area contributed by atoms with E-state index in [1.54, 1.807) is 4.57 Å². The molecule has 0 unspecified atom stereocenters. The number of rotatable bonds is 3. The normalized spacial score (nSPS) is 11.5. The zero-order valence-electron chi connectivity index (χ0n) is 9.78. The number of hydrogen-bond donors (Lipinski definition) is 1. The topological polar surface area (TPSA) is 47.2 Å². The SMILES string of the molecule is CNCc1ccc2c(c1)oc(=O)n2C(C)C. The van der Waals surface area contributed by atoms with Crippen LogP contribution in [0.4, 0.5) is 0 Å². The minimum atomic E-state index is -0.286. The third-order valence-corrected chi connectivity index (χ3v) is 2.58. The largest absolute Gasteiger partial charge is 0.420 e. The van der Waals surface area contributed by atoms with Crippen molar-refractivity contribution in [2.24, 2.45) is 0 Å². The van der Waals surface area contributed by atoms with Gasteiger partial charge in [-0.1, -0.05) is 6.07 Å². The van der Waals surface area contributed by atoms with Gasteiger partial charge in [0, 0.05) is 12.6 Å². The Balaban J connectivity index is 2.61. The highest BCUT2D eigenvalue weighted by molar-refractivity contribution is 5.73. The highest BCUT2D eigenvalue weighted by atomic mass is 16.4. The average molecular weight is 220 g/mol. The van der Waals surface area contributed by atoms with Crippen LogP contribution in [0.3, 0.4) is 0 Å². The maximum Gasteiger partial charge on any atom is 0.420 e. The summed E-state index contributed by atoms with van der Waals surface area (Å²) in [6.07, 6.45) is 0. The van der Waals surface area contributed by atoms with Crippen molar-refractivity contribution in [3.05, 3.63) is 34.3 Å². The summed E-state index contributed by atoms with van der Waals surface area (Å²) in [5.74, 6) is -0.286. The molecule has 0 fully saturated rings. The summed E-state index contributed by atoms with van der Waals surface area (Å²) in [7, 11) is 1.89. The van der Waals surface area contributed by atoms with Gasteiger partial charge in [-0.15, -0.1) is 0 Å². The molecule has 0 aliphatic heterocycles. The predicted octanol–water partition coefficient (Wildman–Crippen LogP) is 1.89. The minimum absolute atomic E-state index is 0.115. The van der Waals surface area contributed by atoms with Crippen molar-refractivity contribution in [3.63, 3.8) is 0 Å². The Hall–Kier alpha value is -1.55. The second kappa shape index (κ2) is 4.14. The molecule has 2 aromatic rings. The van der Waals surface area contributed by atoms with Crippen LogP contribution < -0.4 is 11.1 Å². The molecule has 0 saturated carbocycles. The van der Waals surface area contributed by atoms with E-state index in [1.165, 1.54) is 0 Å². The monoisotopic (exact) mass is 220 g/mol. The molecule has 0 bridgehead atoms. The van der Waals surface area contributed by atoms with E-state index in [4.69, 9.17) is 4.42 Å². The number of fused-ring (bicyclic) bond motifs is 1. The molecule has 1 aromatic heterocycles. The fourth-order valence-electron chi connectivity index (χ4n) is 1.88. The Labute approximate surface area is 93.9 Å². The molecule has 0 aliphatic carbocycles. The smallest absolute Gasteiger partial charge is 0.408 e. The van der Waals surface area contributed by atoms with Crippen LogP contribution in [-0.4, -0.2) is 11.6 Å². The standard InChI is InChI=1S/C12H16N2O2/c1-8(2)14-10-5-4-9(7-13-3)6-11(10)16-12(14)15/h4-6,8,13H,7H2,1-3H3. The van der Waals surface area contributed by atoms with Crippen LogP contribution in [-0.2, 0) is 6.54 Å². The second-order valence-electron chi connectivity index (χ2n) is 4.16. The molecule has 0 spiro atoms. The van der Waals surface area contributed by atoms with Crippen molar-refractivity contribution < 1.29 is 4.42 Å². The van der Waals surface area contributed by atoms with Crippen LogP contribution in [0.25, 0.3) is 11.1 Å². The fourth-order valence-corrected chi connectivity index (χ4v) is 1.88. The maximum atomic E-state index is 11.6. The van der Waals surface area contributed by atoms with Crippen molar-refractivity contribution in [2.45, 2.75) is 26.4 Å². The molecule has 0 aliphatic rings. The van der Waals surface area contributed by atoms with Crippen LogP contribution in [0, 0.1) is 0 Å². The highest BCUT2D eigenvalue weighted by Gasteiger charge is 2.11. The fraction of sp³-hybridized carbons (Fsp3) is 0.417. The number of hydrogen-bond acceptors (Lipinski definition) is 3. The van der Waals surface area contributed by atoms with E-state index in [9.17, 15) is 4.79 Å². The minimum Gasteiger partial charge on any atom is -0.408 e. The summed E-state index contributed by atoms with van der Waals surface area (Å²) in [5, 5.41) is 3.07. The maximum absolute atomic E-state index is 11.6. The quantitative estimate of drug-likeness (QED) is 0.859. The molecular weight excluding hydrogens is 204 g/mol. The van der Waals surface area contributed by atoms with Gasteiger partial charge in [-0.2, -0.15) is 0 Å². The summed E-state index contributed by atoms with van der Waals surface area (Å²) in [6, 6.07) is 5.97. The molecule has 1 aromatic carbocycles. The molecule has 1 heterocycles. The molecular formula is C12H16N2O2. The van der Waals surface area contributed by atoms with Crippen LogP contribution in [0.2, 0.25) is 0 Å². The lowest BCUT2D eigenvalue weighted by atomic mass is 10.2. The lowest BCUT2D eigenvalue weighted by Crippen LogP contribution is -2.15. The van der Waals surface area contributed by atoms with Crippen LogP contribution in [0.1, 0.15) is 25.5 Å². The summed E-state index contributed by atoms with van der Waals surface area (Å²) in [5.41, 5.74) is 2.63. The summed E-state index contributed by atoms with van der Waals surface area (Å²) >= 11 is 0. The van der Waals surface area contributed by atoms with Crippen molar-refractivity contribution in [3.8, 4) is 0 Å².